The summed E-state index contributed by atoms with van der Waals surface area (Å²) in [5, 5.41) is 0.686. The highest BCUT2D eigenvalue weighted by Crippen LogP contribution is 2.40. The lowest BCUT2D eigenvalue weighted by molar-refractivity contribution is -0.958. The number of allylic oxidation sites excluding steroid dienone is 1. The normalized spacial score (nSPS) is 13.9. The molecule has 0 heterocycles. The highest BCUT2D eigenvalue weighted by Gasteiger charge is 2.37. The number of unbranched alkanes of at least 4 members (excludes halogenated alkanes) is 4. The van der Waals surface area contributed by atoms with Crippen LogP contribution in [0.1, 0.15) is 58.4 Å². The predicted molar refractivity (Wildman–Crippen MR) is 116 cm³/mol. The second-order valence-electron chi connectivity index (χ2n) is 7.23. The van der Waals surface area contributed by atoms with E-state index in [0.717, 1.165) is 38.0 Å². The zero-order valence-corrected chi connectivity index (χ0v) is 19.0. The van der Waals surface area contributed by atoms with Gasteiger partial charge in [-0.15, -0.1) is 0 Å². The molecule has 28 heavy (non-hydrogen) atoms. The molecule has 0 saturated heterocycles. The number of halogens is 1. The van der Waals surface area contributed by atoms with Crippen LogP contribution in [0.5, 0.6) is 0 Å². The first-order chi connectivity index (χ1) is 13.3. The number of hydrogen-bond acceptors (Lipinski definition) is 2. The van der Waals surface area contributed by atoms with Gasteiger partial charge in [-0.25, -0.2) is 9.09 Å². The van der Waals surface area contributed by atoms with Gasteiger partial charge in [0, 0.05) is 5.02 Å². The Labute approximate surface area is 175 Å². The molecule has 7 heteroatoms. The van der Waals surface area contributed by atoms with Crippen molar-refractivity contribution in [2.75, 3.05) is 19.6 Å². The van der Waals surface area contributed by atoms with E-state index in [1.807, 2.05) is 36.4 Å². The van der Waals surface area contributed by atoms with Gasteiger partial charge >= 0.3 is 7.82 Å². The summed E-state index contributed by atoms with van der Waals surface area (Å²) in [6.07, 6.45) is 9.49. The number of phosphoric acid groups is 1. The zero-order valence-electron chi connectivity index (χ0n) is 17.4. The lowest BCUT2D eigenvalue weighted by Crippen LogP contribution is -2.55. The van der Waals surface area contributed by atoms with Crippen molar-refractivity contribution in [2.45, 2.75) is 65.5 Å². The minimum absolute atomic E-state index is 0.508. The zero-order chi connectivity index (χ0) is 21.0. The molecule has 1 atom stereocenters. The third-order valence-electron chi connectivity index (χ3n) is 5.32. The van der Waals surface area contributed by atoms with Crippen LogP contribution in [-0.2, 0) is 15.5 Å². The van der Waals surface area contributed by atoms with Crippen molar-refractivity contribution in [3.8, 4) is 0 Å². The van der Waals surface area contributed by atoms with Crippen LogP contribution in [0, 0.1) is 0 Å². The molecule has 0 radical (unpaired) electrons. The maximum atomic E-state index is 11.6. The molecule has 1 aromatic rings. The fourth-order valence-electron chi connectivity index (χ4n) is 3.46. The van der Waals surface area contributed by atoms with Crippen LogP contribution in [0.15, 0.2) is 36.4 Å². The molecule has 160 valence electrons. The fourth-order valence-corrected chi connectivity index (χ4v) is 4.13. The largest absolute Gasteiger partial charge is 0.474 e. The van der Waals surface area contributed by atoms with Crippen LogP contribution in [0.2, 0.25) is 5.02 Å². The van der Waals surface area contributed by atoms with Crippen LogP contribution in [0.25, 0.3) is 0 Å². The number of phosphoric ester groups is 1. The maximum Gasteiger partial charge on any atom is 0.474 e. The molecule has 0 amide bonds. The van der Waals surface area contributed by atoms with Crippen molar-refractivity contribution in [2.24, 2.45) is 0 Å². The van der Waals surface area contributed by atoms with E-state index >= 15 is 0 Å². The number of likely N-dealkylation sites (N-methyl/N-ethyl adjacent to an activating group) is 1. The van der Waals surface area contributed by atoms with Crippen molar-refractivity contribution in [1.29, 1.82) is 0 Å². The second-order valence-corrected chi connectivity index (χ2v) is 8.86. The van der Waals surface area contributed by atoms with E-state index in [9.17, 15) is 14.4 Å². The van der Waals surface area contributed by atoms with Crippen molar-refractivity contribution in [3.63, 3.8) is 0 Å². The van der Waals surface area contributed by atoms with Crippen LogP contribution in [0.3, 0.4) is 0 Å². The number of quaternary nitrogens is 1. The number of rotatable bonds is 14. The van der Waals surface area contributed by atoms with E-state index < -0.39 is 14.1 Å². The van der Waals surface area contributed by atoms with E-state index in [4.69, 9.17) is 16.1 Å². The van der Waals surface area contributed by atoms with Crippen molar-refractivity contribution >= 4 is 19.4 Å². The minimum atomic E-state index is -4.60. The van der Waals surface area contributed by atoms with Crippen LogP contribution in [-0.4, -0.2) is 40.1 Å². The molecule has 2 N–H and O–H groups in total. The highest BCUT2D eigenvalue weighted by molar-refractivity contribution is 7.46. The first kappa shape index (κ1) is 25.4. The van der Waals surface area contributed by atoms with Gasteiger partial charge in [0.05, 0.1) is 19.6 Å². The molecule has 0 aromatic heterocycles. The Morgan fingerprint density at radius 2 is 1.68 bits per heavy atom. The summed E-state index contributed by atoms with van der Waals surface area (Å²) in [6, 6.07) is 7.56. The van der Waals surface area contributed by atoms with Crippen molar-refractivity contribution < 1.29 is 23.4 Å². The molecule has 1 rings (SSSR count). The van der Waals surface area contributed by atoms with Gasteiger partial charge in [-0.05, 0) is 56.9 Å². The summed E-state index contributed by atoms with van der Waals surface area (Å²) in [4.78, 5) is 18.9. The molecule has 0 aliphatic rings. The summed E-state index contributed by atoms with van der Waals surface area (Å²) in [7, 11) is -4.60. The Hall–Kier alpha value is -0.680. The molecule has 1 aromatic carbocycles. The van der Waals surface area contributed by atoms with Gasteiger partial charge < -0.3 is 9.79 Å². The third-order valence-corrected chi connectivity index (χ3v) is 6.06. The Morgan fingerprint density at radius 1 is 1.07 bits per heavy atom. The monoisotopic (exact) mass is 432 g/mol. The van der Waals surface area contributed by atoms with Crippen LogP contribution >= 0.6 is 19.4 Å². The van der Waals surface area contributed by atoms with Gasteiger partial charge in [-0.1, -0.05) is 56.0 Å². The van der Waals surface area contributed by atoms with E-state index in [2.05, 4.69) is 20.8 Å². The van der Waals surface area contributed by atoms with Crippen molar-refractivity contribution in [3.05, 3.63) is 47.0 Å². The molecule has 5 nitrogen and oxygen atoms in total. The molecule has 1 unspecified atom stereocenters. The average molecular weight is 433 g/mol. The van der Waals surface area contributed by atoms with E-state index in [0.29, 0.717) is 15.9 Å². The molecule has 0 fully saturated rings. The Morgan fingerprint density at radius 3 is 2.21 bits per heavy atom. The average Bonchev–Trinajstić information content (AvgIpc) is 2.65. The molecule has 0 saturated carbocycles. The predicted octanol–water partition coefficient (Wildman–Crippen LogP) is 5.70. The first-order valence-electron chi connectivity index (χ1n) is 10.3. The SMILES string of the molecule is CCCCCCC[N+](CC)(CC)C(/C=C/Cc1ccc(Cl)cc1)OP(=O)(O)O. The van der Waals surface area contributed by atoms with E-state index in [1.54, 1.807) is 0 Å². The van der Waals surface area contributed by atoms with Gasteiger partial charge in [0.1, 0.15) is 0 Å². The molecule has 0 spiro atoms. The second kappa shape index (κ2) is 12.8. The van der Waals surface area contributed by atoms with Gasteiger partial charge in [0.25, 0.3) is 0 Å². The standard InChI is InChI=1S/C21H35ClNO4P/c1-4-7-8-9-10-18-23(5-2,6-3)21(27-28(24,25)26)13-11-12-19-14-16-20(22)17-15-19/h11,13-17,21H,4-10,12,18H2,1-3H3,(H-,24,25,26)/p+1/b13-11+. The lowest BCUT2D eigenvalue weighted by atomic mass is 10.1. The fraction of sp³-hybridized carbons (Fsp3) is 0.619. The summed E-state index contributed by atoms with van der Waals surface area (Å²) >= 11 is 5.92. The molecule has 0 aliphatic carbocycles. The smallest absolute Gasteiger partial charge is 0.302 e. The quantitative estimate of drug-likeness (QED) is 0.130. The maximum absolute atomic E-state index is 11.6. The Balaban J connectivity index is 2.91. The highest BCUT2D eigenvalue weighted by atomic mass is 35.5. The molecular formula is C21H36ClNO4P+. The van der Waals surface area contributed by atoms with E-state index in [-0.39, 0.29) is 0 Å². The third kappa shape index (κ3) is 9.21. The number of benzene rings is 1. The Kier molecular flexibility index (Phi) is 11.6. The van der Waals surface area contributed by atoms with Gasteiger partial charge in [0.15, 0.2) is 0 Å². The first-order valence-corrected chi connectivity index (χ1v) is 12.2. The van der Waals surface area contributed by atoms with Gasteiger partial charge in [-0.2, -0.15) is 0 Å². The van der Waals surface area contributed by atoms with Crippen LogP contribution < -0.4 is 0 Å². The summed E-state index contributed by atoms with van der Waals surface area (Å²) in [6.45, 7) is 8.64. The van der Waals surface area contributed by atoms with E-state index in [1.165, 1.54) is 19.3 Å². The van der Waals surface area contributed by atoms with Gasteiger partial charge in [-0.3, -0.25) is 4.48 Å². The van der Waals surface area contributed by atoms with Crippen LogP contribution in [0.4, 0.5) is 0 Å². The summed E-state index contributed by atoms with van der Waals surface area (Å²) in [5.74, 6) is 0. The molecular weight excluding hydrogens is 397 g/mol. The van der Waals surface area contributed by atoms with Gasteiger partial charge in [0.2, 0.25) is 6.23 Å². The summed E-state index contributed by atoms with van der Waals surface area (Å²) < 4.78 is 17.4. The topological polar surface area (TPSA) is 66.8 Å². The molecule has 0 aliphatic heterocycles. The number of hydrogen-bond donors (Lipinski definition) is 2. The number of nitrogens with zero attached hydrogens (tertiary/aromatic N) is 1. The lowest BCUT2D eigenvalue weighted by Gasteiger charge is -2.41. The Bertz CT molecular complexity index is 626. The van der Waals surface area contributed by atoms with Crippen molar-refractivity contribution in [1.82, 2.24) is 0 Å². The molecule has 0 bridgehead atoms. The minimum Gasteiger partial charge on any atom is -0.302 e. The summed E-state index contributed by atoms with van der Waals surface area (Å²) in [5.41, 5.74) is 1.08.